The normalized spacial score (nSPS) is 12.0. The van der Waals surface area contributed by atoms with Crippen molar-refractivity contribution in [2.45, 2.75) is 31.2 Å². The van der Waals surface area contributed by atoms with E-state index in [4.69, 9.17) is 5.11 Å². The zero-order valence-corrected chi connectivity index (χ0v) is 15.5. The van der Waals surface area contributed by atoms with E-state index < -0.39 is 22.0 Å². The van der Waals surface area contributed by atoms with Crippen LogP contribution >= 0.6 is 23.4 Å². The van der Waals surface area contributed by atoms with E-state index in [0.717, 1.165) is 5.56 Å². The first-order valence-electron chi connectivity index (χ1n) is 6.57. The SMILES string of the molecule is CC(=O)Cl.CSCCC(NS(=O)(=O)c1ccc(C)cc1)C(=O)O. The molecule has 2 N–H and O–H groups in total. The fraction of sp³-hybridized carbons (Fsp3) is 0.429. The smallest absolute Gasteiger partial charge is 0.321 e. The Balaban J connectivity index is 0.00000108. The van der Waals surface area contributed by atoms with Gasteiger partial charge in [0.25, 0.3) is 0 Å². The molecule has 0 spiro atoms. The molecule has 0 saturated heterocycles. The molecule has 0 aliphatic carbocycles. The van der Waals surface area contributed by atoms with Gasteiger partial charge in [0, 0.05) is 6.92 Å². The maximum absolute atomic E-state index is 12.0. The van der Waals surface area contributed by atoms with Crippen molar-refractivity contribution in [3.63, 3.8) is 0 Å². The minimum absolute atomic E-state index is 0.0773. The average Bonchev–Trinajstić information content (AvgIpc) is 2.43. The molecular formula is C14H20ClNO5S2. The van der Waals surface area contributed by atoms with Gasteiger partial charge in [0.2, 0.25) is 15.3 Å². The highest BCUT2D eigenvalue weighted by molar-refractivity contribution is 7.98. The largest absolute Gasteiger partial charge is 0.480 e. The summed E-state index contributed by atoms with van der Waals surface area (Å²) in [6.07, 6.45) is 2.09. The molecule has 0 fully saturated rings. The fourth-order valence-electron chi connectivity index (χ4n) is 1.44. The number of carbonyl (C=O) groups is 2. The molecule has 0 aromatic heterocycles. The zero-order valence-electron chi connectivity index (χ0n) is 13.1. The lowest BCUT2D eigenvalue weighted by molar-refractivity contribution is -0.139. The maximum Gasteiger partial charge on any atom is 0.321 e. The van der Waals surface area contributed by atoms with Crippen LogP contribution in [0.2, 0.25) is 0 Å². The third kappa shape index (κ3) is 9.60. The van der Waals surface area contributed by atoms with Crippen LogP contribution in [0.15, 0.2) is 29.2 Å². The van der Waals surface area contributed by atoms with E-state index in [2.05, 4.69) is 16.3 Å². The van der Waals surface area contributed by atoms with E-state index in [-0.39, 0.29) is 16.6 Å². The van der Waals surface area contributed by atoms with Crippen LogP contribution in [0.1, 0.15) is 18.9 Å². The Morgan fingerprint density at radius 3 is 2.17 bits per heavy atom. The molecule has 0 bridgehead atoms. The number of carbonyl (C=O) groups excluding carboxylic acids is 1. The number of carboxylic acid groups (broad SMARTS) is 1. The minimum Gasteiger partial charge on any atom is -0.480 e. The topological polar surface area (TPSA) is 101 Å². The van der Waals surface area contributed by atoms with Gasteiger partial charge >= 0.3 is 5.97 Å². The molecular weight excluding hydrogens is 362 g/mol. The number of thioether (sulfide) groups is 1. The van der Waals surface area contributed by atoms with Crippen molar-refractivity contribution in [2.24, 2.45) is 0 Å². The molecule has 0 saturated carbocycles. The van der Waals surface area contributed by atoms with Crippen molar-refractivity contribution in [2.75, 3.05) is 12.0 Å². The third-order valence-corrected chi connectivity index (χ3v) is 4.67. The number of aliphatic carboxylic acids is 1. The summed E-state index contributed by atoms with van der Waals surface area (Å²) in [4.78, 5) is 20.3. The fourth-order valence-corrected chi connectivity index (χ4v) is 3.14. The molecule has 0 aliphatic heterocycles. The predicted molar refractivity (Wildman–Crippen MR) is 92.5 cm³/mol. The van der Waals surface area contributed by atoms with Crippen molar-refractivity contribution in [1.82, 2.24) is 4.72 Å². The van der Waals surface area contributed by atoms with Crippen LogP contribution in [0.25, 0.3) is 0 Å². The van der Waals surface area contributed by atoms with Gasteiger partial charge in [-0.05, 0) is 49.1 Å². The Morgan fingerprint density at radius 2 is 1.78 bits per heavy atom. The third-order valence-electron chi connectivity index (χ3n) is 2.54. The summed E-state index contributed by atoms with van der Waals surface area (Å²) < 4.78 is 26.3. The van der Waals surface area contributed by atoms with Gasteiger partial charge in [0.1, 0.15) is 6.04 Å². The summed E-state index contributed by atoms with van der Waals surface area (Å²) in [7, 11) is -3.79. The van der Waals surface area contributed by atoms with Crippen molar-refractivity contribution in [3.05, 3.63) is 29.8 Å². The van der Waals surface area contributed by atoms with Gasteiger partial charge in [0.15, 0.2) is 0 Å². The first kappa shape index (κ1) is 21.9. The minimum atomic E-state index is -3.79. The molecule has 23 heavy (non-hydrogen) atoms. The molecule has 130 valence electrons. The van der Waals surface area contributed by atoms with E-state index in [1.807, 2.05) is 13.2 Å². The monoisotopic (exact) mass is 381 g/mol. The molecule has 0 radical (unpaired) electrons. The van der Waals surface area contributed by atoms with Crippen LogP contribution in [0.3, 0.4) is 0 Å². The summed E-state index contributed by atoms with van der Waals surface area (Å²) in [5.74, 6) is -0.586. The number of hydrogen-bond donors (Lipinski definition) is 2. The zero-order chi connectivity index (χ0) is 18.0. The van der Waals surface area contributed by atoms with Gasteiger partial charge < -0.3 is 5.11 Å². The number of carboxylic acids is 1. The van der Waals surface area contributed by atoms with Crippen molar-refractivity contribution < 1.29 is 23.1 Å². The Bertz CT molecular complexity index is 613. The molecule has 9 heteroatoms. The van der Waals surface area contributed by atoms with E-state index in [1.54, 1.807) is 12.1 Å². The van der Waals surface area contributed by atoms with E-state index in [1.165, 1.54) is 30.8 Å². The van der Waals surface area contributed by atoms with Crippen molar-refractivity contribution in [1.29, 1.82) is 0 Å². The van der Waals surface area contributed by atoms with Crippen molar-refractivity contribution in [3.8, 4) is 0 Å². The second-order valence-electron chi connectivity index (χ2n) is 4.58. The molecule has 1 unspecified atom stereocenters. The number of sulfonamides is 1. The molecule has 1 atom stereocenters. The number of aryl methyl sites for hydroxylation is 1. The lowest BCUT2D eigenvalue weighted by Gasteiger charge is -2.14. The van der Waals surface area contributed by atoms with Gasteiger partial charge in [-0.3, -0.25) is 9.59 Å². The van der Waals surface area contributed by atoms with Gasteiger partial charge in [-0.15, -0.1) is 0 Å². The molecule has 0 heterocycles. The highest BCUT2D eigenvalue weighted by Gasteiger charge is 2.24. The number of nitrogens with one attached hydrogen (secondary N) is 1. The van der Waals surface area contributed by atoms with Crippen LogP contribution in [0.5, 0.6) is 0 Å². The number of halogens is 1. The van der Waals surface area contributed by atoms with E-state index in [9.17, 15) is 18.0 Å². The Kier molecular flexibility index (Phi) is 10.1. The summed E-state index contributed by atoms with van der Waals surface area (Å²) in [6, 6.07) is 5.17. The predicted octanol–water partition coefficient (Wildman–Crippen LogP) is 2.25. The molecule has 0 aliphatic rings. The average molecular weight is 382 g/mol. The van der Waals surface area contributed by atoms with Gasteiger partial charge in [-0.25, -0.2) is 8.42 Å². The molecule has 6 nitrogen and oxygen atoms in total. The van der Waals surface area contributed by atoms with Crippen LogP contribution in [-0.4, -0.2) is 42.8 Å². The standard InChI is InChI=1S/C12H17NO4S2.C2H3ClO/c1-9-3-5-10(6-4-9)19(16,17)13-11(12(14)15)7-8-18-2;1-2(3)4/h3-6,11,13H,7-8H2,1-2H3,(H,14,15);1H3. The van der Waals surface area contributed by atoms with Crippen LogP contribution in [-0.2, 0) is 19.6 Å². The molecule has 1 aromatic carbocycles. The highest BCUT2D eigenvalue weighted by atomic mass is 35.5. The number of hydrogen-bond acceptors (Lipinski definition) is 5. The van der Waals surface area contributed by atoms with Gasteiger partial charge in [-0.2, -0.15) is 16.5 Å². The lowest BCUT2D eigenvalue weighted by Crippen LogP contribution is -2.41. The van der Waals surface area contributed by atoms with Crippen LogP contribution in [0.4, 0.5) is 0 Å². The Morgan fingerprint density at radius 1 is 1.30 bits per heavy atom. The maximum atomic E-state index is 12.0. The Labute approximate surface area is 145 Å². The lowest BCUT2D eigenvalue weighted by atomic mass is 10.2. The summed E-state index contributed by atoms with van der Waals surface area (Å²) in [5.41, 5.74) is 0.941. The molecule has 1 rings (SSSR count). The van der Waals surface area contributed by atoms with E-state index in [0.29, 0.717) is 5.75 Å². The second-order valence-corrected chi connectivity index (χ2v) is 7.81. The molecule has 0 amide bonds. The first-order valence-corrected chi connectivity index (χ1v) is 9.82. The second kappa shape index (κ2) is 10.6. The van der Waals surface area contributed by atoms with E-state index >= 15 is 0 Å². The van der Waals surface area contributed by atoms with Crippen LogP contribution < -0.4 is 4.72 Å². The first-order chi connectivity index (χ1) is 10.6. The van der Waals surface area contributed by atoms with Gasteiger partial charge in [-0.1, -0.05) is 17.7 Å². The summed E-state index contributed by atoms with van der Waals surface area (Å²) >= 11 is 6.11. The van der Waals surface area contributed by atoms with Gasteiger partial charge in [0.05, 0.1) is 4.90 Å². The number of benzene rings is 1. The van der Waals surface area contributed by atoms with Crippen molar-refractivity contribution >= 4 is 44.6 Å². The molecule has 1 aromatic rings. The highest BCUT2D eigenvalue weighted by Crippen LogP contribution is 2.12. The number of rotatable bonds is 7. The quantitative estimate of drug-likeness (QED) is 0.702. The van der Waals surface area contributed by atoms with Crippen LogP contribution in [0, 0.1) is 6.92 Å². The summed E-state index contributed by atoms with van der Waals surface area (Å²) in [6.45, 7) is 3.14. The summed E-state index contributed by atoms with van der Waals surface area (Å²) in [5, 5.41) is 8.66. The Hall–Kier alpha value is -1.09.